The molecule has 25 heavy (non-hydrogen) atoms. The summed E-state index contributed by atoms with van der Waals surface area (Å²) < 4.78 is 6.25. The van der Waals surface area contributed by atoms with Crippen molar-refractivity contribution in [3.63, 3.8) is 0 Å². The van der Waals surface area contributed by atoms with Gasteiger partial charge in [0.1, 0.15) is 11.2 Å². The van der Waals surface area contributed by atoms with E-state index in [1.54, 1.807) is 11.8 Å². The Morgan fingerprint density at radius 1 is 0.920 bits per heavy atom. The van der Waals surface area contributed by atoms with Crippen molar-refractivity contribution in [3.8, 4) is 0 Å². The summed E-state index contributed by atoms with van der Waals surface area (Å²) in [6.45, 7) is 2.08. The summed E-state index contributed by atoms with van der Waals surface area (Å²) in [5.41, 5.74) is 5.32. The van der Waals surface area contributed by atoms with Gasteiger partial charge in [-0.3, -0.25) is 4.99 Å². The molecule has 2 nitrogen and oxygen atoms in total. The average Bonchev–Trinajstić information content (AvgIpc) is 3.03. The predicted octanol–water partition coefficient (Wildman–Crippen LogP) is 6.56. The monoisotopic (exact) mass is 345 g/mol. The van der Waals surface area contributed by atoms with Crippen LogP contribution in [-0.4, -0.2) is 12.5 Å². The summed E-state index contributed by atoms with van der Waals surface area (Å²) in [5.74, 6) is 0. The van der Waals surface area contributed by atoms with Gasteiger partial charge in [-0.25, -0.2) is 0 Å². The summed E-state index contributed by atoms with van der Waals surface area (Å²) in [6, 6.07) is 20.8. The maximum atomic E-state index is 6.25. The zero-order chi connectivity index (χ0) is 17.2. The molecule has 3 heteroatoms. The largest absolute Gasteiger partial charge is 0.455 e. The predicted molar refractivity (Wildman–Crippen MR) is 109 cm³/mol. The van der Waals surface area contributed by atoms with Gasteiger partial charge in [-0.15, -0.1) is 11.8 Å². The van der Waals surface area contributed by atoms with E-state index in [1.165, 1.54) is 21.2 Å². The number of rotatable bonds is 4. The third-order valence-electron chi connectivity index (χ3n) is 4.45. The first kappa shape index (κ1) is 16.0. The highest BCUT2D eigenvalue weighted by Crippen LogP contribution is 2.35. The standard InChI is InChI=1S/C22H19NOS/c1-15-7-3-4-11-19(15)23-14-13-16-8-5-9-17-18-10-6-12-20(25-2)22(18)24-21(16)17/h3-12,14H,13H2,1-2H3. The molecule has 124 valence electrons. The summed E-state index contributed by atoms with van der Waals surface area (Å²) in [6.07, 6.45) is 4.80. The molecule has 0 atom stereocenters. The second-order valence-corrected chi connectivity index (χ2v) is 6.88. The second-order valence-electron chi connectivity index (χ2n) is 6.04. The number of aryl methyl sites for hydroxylation is 1. The maximum absolute atomic E-state index is 6.25. The van der Waals surface area contributed by atoms with Crippen LogP contribution in [-0.2, 0) is 6.42 Å². The van der Waals surface area contributed by atoms with Crippen molar-refractivity contribution in [2.75, 3.05) is 6.26 Å². The number of hydrogen-bond acceptors (Lipinski definition) is 3. The van der Waals surface area contributed by atoms with Crippen molar-refractivity contribution >= 4 is 45.6 Å². The van der Waals surface area contributed by atoms with Crippen molar-refractivity contribution in [2.24, 2.45) is 4.99 Å². The Bertz CT molecular complexity index is 1080. The summed E-state index contributed by atoms with van der Waals surface area (Å²) in [4.78, 5) is 5.80. The molecule has 1 heterocycles. The molecule has 0 unspecified atom stereocenters. The normalized spacial score (nSPS) is 11.8. The van der Waals surface area contributed by atoms with Crippen molar-refractivity contribution < 1.29 is 4.42 Å². The number of fused-ring (bicyclic) bond motifs is 3. The fraction of sp³-hybridized carbons (Fsp3) is 0.136. The molecule has 0 amide bonds. The third-order valence-corrected chi connectivity index (χ3v) is 5.21. The summed E-state index contributed by atoms with van der Waals surface area (Å²) in [5, 5.41) is 2.35. The molecule has 0 aliphatic carbocycles. The minimum absolute atomic E-state index is 0.750. The number of nitrogens with zero attached hydrogens (tertiary/aromatic N) is 1. The Hall–Kier alpha value is -2.52. The van der Waals surface area contributed by atoms with Gasteiger partial charge in [0, 0.05) is 29.0 Å². The minimum atomic E-state index is 0.750. The van der Waals surface area contributed by atoms with E-state index in [4.69, 9.17) is 4.42 Å². The first-order valence-corrected chi connectivity index (χ1v) is 9.55. The molecule has 0 aliphatic heterocycles. The zero-order valence-electron chi connectivity index (χ0n) is 14.3. The van der Waals surface area contributed by atoms with Gasteiger partial charge < -0.3 is 4.42 Å². The van der Waals surface area contributed by atoms with Crippen LogP contribution in [0, 0.1) is 6.92 Å². The molecular weight excluding hydrogens is 326 g/mol. The van der Waals surface area contributed by atoms with Crippen LogP contribution in [0.25, 0.3) is 21.9 Å². The van der Waals surface area contributed by atoms with Crippen molar-refractivity contribution in [1.29, 1.82) is 0 Å². The van der Waals surface area contributed by atoms with Crippen LogP contribution in [0.15, 0.2) is 75.0 Å². The quantitative estimate of drug-likeness (QED) is 0.309. The number of thioether (sulfide) groups is 1. The smallest absolute Gasteiger partial charge is 0.148 e. The van der Waals surface area contributed by atoms with Gasteiger partial charge in [-0.1, -0.05) is 48.5 Å². The molecule has 3 aromatic carbocycles. The Morgan fingerprint density at radius 2 is 1.68 bits per heavy atom. The van der Waals surface area contributed by atoms with Crippen molar-refractivity contribution in [3.05, 3.63) is 71.8 Å². The molecule has 4 rings (SSSR count). The van der Waals surface area contributed by atoms with Gasteiger partial charge in [0.15, 0.2) is 0 Å². The van der Waals surface area contributed by atoms with Crippen molar-refractivity contribution in [2.45, 2.75) is 18.2 Å². The van der Waals surface area contributed by atoms with E-state index < -0.39 is 0 Å². The highest BCUT2D eigenvalue weighted by Gasteiger charge is 2.12. The molecule has 0 bridgehead atoms. The molecule has 1 aromatic heterocycles. The van der Waals surface area contributed by atoms with E-state index >= 15 is 0 Å². The Morgan fingerprint density at radius 3 is 2.48 bits per heavy atom. The van der Waals surface area contributed by atoms with E-state index in [9.17, 15) is 0 Å². The lowest BCUT2D eigenvalue weighted by Crippen LogP contribution is -1.86. The lowest BCUT2D eigenvalue weighted by atomic mass is 10.1. The van der Waals surface area contributed by atoms with Crippen LogP contribution >= 0.6 is 11.8 Å². The van der Waals surface area contributed by atoms with Gasteiger partial charge >= 0.3 is 0 Å². The molecule has 0 fully saturated rings. The number of aliphatic imine (C=N–C) groups is 1. The SMILES string of the molecule is CSc1cccc2c1oc1c(CC=Nc3ccccc3C)cccc12. The number of para-hydroxylation sites is 3. The van der Waals surface area contributed by atoms with Gasteiger partial charge in [-0.05, 0) is 30.9 Å². The molecule has 0 aliphatic rings. The Balaban J connectivity index is 1.74. The van der Waals surface area contributed by atoms with E-state index in [0.29, 0.717) is 0 Å². The van der Waals surface area contributed by atoms with Crippen LogP contribution in [0.3, 0.4) is 0 Å². The number of furan rings is 1. The Labute approximate surface area is 151 Å². The van der Waals surface area contributed by atoms with Crippen LogP contribution < -0.4 is 0 Å². The molecule has 4 aromatic rings. The molecule has 0 saturated carbocycles. The fourth-order valence-electron chi connectivity index (χ4n) is 3.12. The minimum Gasteiger partial charge on any atom is -0.455 e. The maximum Gasteiger partial charge on any atom is 0.148 e. The van der Waals surface area contributed by atoms with Crippen LogP contribution in [0.1, 0.15) is 11.1 Å². The highest BCUT2D eigenvalue weighted by molar-refractivity contribution is 7.98. The molecule has 0 N–H and O–H groups in total. The van der Waals surface area contributed by atoms with Gasteiger partial charge in [0.25, 0.3) is 0 Å². The van der Waals surface area contributed by atoms with Crippen LogP contribution in [0.5, 0.6) is 0 Å². The molecule has 0 radical (unpaired) electrons. The van der Waals surface area contributed by atoms with Gasteiger partial charge in [0.05, 0.1) is 10.6 Å². The van der Waals surface area contributed by atoms with E-state index in [1.807, 2.05) is 24.4 Å². The van der Waals surface area contributed by atoms with E-state index in [2.05, 4.69) is 60.6 Å². The number of benzene rings is 3. The van der Waals surface area contributed by atoms with Crippen molar-refractivity contribution in [1.82, 2.24) is 0 Å². The Kier molecular flexibility index (Phi) is 4.33. The lowest BCUT2D eigenvalue weighted by Gasteiger charge is -2.00. The molecule has 0 spiro atoms. The lowest BCUT2D eigenvalue weighted by molar-refractivity contribution is 0.657. The van der Waals surface area contributed by atoms with Gasteiger partial charge in [0.2, 0.25) is 0 Å². The third kappa shape index (κ3) is 2.96. The van der Waals surface area contributed by atoms with E-state index in [-0.39, 0.29) is 0 Å². The summed E-state index contributed by atoms with van der Waals surface area (Å²) >= 11 is 1.72. The van der Waals surface area contributed by atoms with Crippen LogP contribution in [0.4, 0.5) is 5.69 Å². The molecular formula is C22H19NOS. The van der Waals surface area contributed by atoms with Gasteiger partial charge in [-0.2, -0.15) is 0 Å². The average molecular weight is 345 g/mol. The highest BCUT2D eigenvalue weighted by atomic mass is 32.2. The topological polar surface area (TPSA) is 25.5 Å². The zero-order valence-corrected chi connectivity index (χ0v) is 15.1. The first-order valence-electron chi connectivity index (χ1n) is 8.33. The van der Waals surface area contributed by atoms with Crippen LogP contribution in [0.2, 0.25) is 0 Å². The fourth-order valence-corrected chi connectivity index (χ4v) is 3.68. The summed E-state index contributed by atoms with van der Waals surface area (Å²) in [7, 11) is 0. The second kappa shape index (κ2) is 6.77. The van der Waals surface area contributed by atoms with E-state index in [0.717, 1.165) is 28.8 Å². The molecule has 0 saturated heterocycles. The number of hydrogen-bond donors (Lipinski definition) is 0. The first-order chi connectivity index (χ1) is 12.3.